The molecule has 0 radical (unpaired) electrons. The molecule has 5 heteroatoms. The Kier molecular flexibility index (Phi) is 3.57. The molecule has 1 amide bonds. The van der Waals surface area contributed by atoms with Crippen LogP contribution < -0.4 is 0 Å². The lowest BCUT2D eigenvalue weighted by atomic mass is 10.0. The van der Waals surface area contributed by atoms with Gasteiger partial charge in [-0.25, -0.2) is 0 Å². The van der Waals surface area contributed by atoms with E-state index in [9.17, 15) is 9.90 Å². The van der Waals surface area contributed by atoms with E-state index in [2.05, 4.69) is 0 Å². The molecular weight excluding hydrogens is 246 g/mol. The molecule has 5 nitrogen and oxygen atoms in total. The number of rotatable bonds is 2. The maximum atomic E-state index is 12.4. The van der Waals surface area contributed by atoms with Crippen molar-refractivity contribution >= 4 is 5.91 Å². The van der Waals surface area contributed by atoms with E-state index in [1.54, 1.807) is 11.2 Å². The Morgan fingerprint density at radius 3 is 3.00 bits per heavy atom. The van der Waals surface area contributed by atoms with Crippen molar-refractivity contribution < 1.29 is 19.1 Å². The minimum Gasteiger partial charge on any atom is -0.467 e. The van der Waals surface area contributed by atoms with Gasteiger partial charge in [0.2, 0.25) is 5.91 Å². The van der Waals surface area contributed by atoms with Crippen LogP contribution in [-0.4, -0.2) is 41.7 Å². The summed E-state index contributed by atoms with van der Waals surface area (Å²) in [5, 5.41) is 9.84. The number of nitrogens with zero attached hydrogens (tertiary/aromatic N) is 1. The van der Waals surface area contributed by atoms with E-state index in [-0.39, 0.29) is 17.9 Å². The Balaban J connectivity index is 1.66. The number of hydrogen-bond acceptors (Lipinski definition) is 4. The van der Waals surface area contributed by atoms with E-state index < -0.39 is 6.10 Å². The second kappa shape index (κ2) is 5.35. The fraction of sp³-hybridized carbons (Fsp3) is 0.643. The van der Waals surface area contributed by atoms with Gasteiger partial charge in [0.25, 0.3) is 0 Å². The van der Waals surface area contributed by atoms with Crippen molar-refractivity contribution in [2.45, 2.75) is 31.5 Å². The maximum Gasteiger partial charge on any atom is 0.228 e. The number of amides is 1. The number of furan rings is 1. The molecule has 2 heterocycles. The van der Waals surface area contributed by atoms with Crippen LogP contribution in [0, 0.1) is 5.92 Å². The van der Waals surface area contributed by atoms with Crippen LogP contribution in [0.15, 0.2) is 22.8 Å². The first-order chi connectivity index (χ1) is 9.25. The number of hydrogen-bond donors (Lipinski definition) is 1. The predicted octanol–water partition coefficient (Wildman–Crippen LogP) is 1.34. The van der Waals surface area contributed by atoms with Gasteiger partial charge in [0.15, 0.2) is 0 Å². The van der Waals surface area contributed by atoms with Crippen LogP contribution in [0.3, 0.4) is 0 Å². The first kappa shape index (κ1) is 12.7. The zero-order chi connectivity index (χ0) is 13.2. The fourth-order valence-electron chi connectivity index (χ4n) is 2.96. The molecule has 0 bridgehead atoms. The Morgan fingerprint density at radius 1 is 1.42 bits per heavy atom. The van der Waals surface area contributed by atoms with Gasteiger partial charge in [-0.2, -0.15) is 0 Å². The summed E-state index contributed by atoms with van der Waals surface area (Å²) in [5.41, 5.74) is 0. The largest absolute Gasteiger partial charge is 0.467 e. The summed E-state index contributed by atoms with van der Waals surface area (Å²) in [7, 11) is 0. The smallest absolute Gasteiger partial charge is 0.228 e. The molecule has 1 N–H and O–H groups in total. The highest BCUT2D eigenvalue weighted by Crippen LogP contribution is 2.29. The molecule has 0 spiro atoms. The van der Waals surface area contributed by atoms with Crippen molar-refractivity contribution in [3.8, 4) is 0 Å². The molecule has 1 aromatic heterocycles. The molecular formula is C14H19NO4. The van der Waals surface area contributed by atoms with Crippen LogP contribution in [0.2, 0.25) is 0 Å². The molecule has 1 aliphatic heterocycles. The predicted molar refractivity (Wildman–Crippen MR) is 67.3 cm³/mol. The molecule has 104 valence electrons. The van der Waals surface area contributed by atoms with Gasteiger partial charge in [0.05, 0.1) is 31.4 Å². The van der Waals surface area contributed by atoms with Crippen LogP contribution >= 0.6 is 0 Å². The van der Waals surface area contributed by atoms with Crippen molar-refractivity contribution in [1.82, 2.24) is 4.90 Å². The maximum absolute atomic E-state index is 12.4. The second-order valence-electron chi connectivity index (χ2n) is 5.26. The number of morpholine rings is 1. The van der Waals surface area contributed by atoms with Crippen molar-refractivity contribution in [1.29, 1.82) is 0 Å². The average Bonchev–Trinajstić information content (AvgIpc) is 3.09. The summed E-state index contributed by atoms with van der Waals surface area (Å²) in [6.45, 7) is 1.62. The molecule has 2 aliphatic rings. The molecule has 19 heavy (non-hydrogen) atoms. The first-order valence-electron chi connectivity index (χ1n) is 6.87. The highest BCUT2D eigenvalue weighted by atomic mass is 16.5. The molecule has 3 unspecified atom stereocenters. The van der Waals surface area contributed by atoms with Crippen molar-refractivity contribution in [3.63, 3.8) is 0 Å². The summed E-state index contributed by atoms with van der Waals surface area (Å²) in [6, 6.07) is 3.68. The quantitative estimate of drug-likeness (QED) is 0.876. The number of aliphatic hydroxyl groups excluding tert-OH is 1. The van der Waals surface area contributed by atoms with Crippen LogP contribution in [0.25, 0.3) is 0 Å². The third kappa shape index (κ3) is 2.53. The van der Waals surface area contributed by atoms with Crippen molar-refractivity contribution in [3.05, 3.63) is 24.2 Å². The first-order valence-corrected chi connectivity index (χ1v) is 6.87. The molecule has 1 saturated heterocycles. The van der Waals surface area contributed by atoms with Crippen LogP contribution in [0.4, 0.5) is 0 Å². The lowest BCUT2D eigenvalue weighted by Crippen LogP contribution is -2.46. The molecule has 0 aromatic carbocycles. The Labute approximate surface area is 112 Å². The Hall–Kier alpha value is -1.33. The monoisotopic (exact) mass is 265 g/mol. The minimum atomic E-state index is -0.475. The fourth-order valence-corrected chi connectivity index (χ4v) is 2.96. The van der Waals surface area contributed by atoms with E-state index in [0.29, 0.717) is 19.7 Å². The van der Waals surface area contributed by atoms with Crippen LogP contribution in [0.5, 0.6) is 0 Å². The number of carbonyl (C=O) groups is 1. The SMILES string of the molecule is O=C(C1CCCC1O)N1CCOC(c2ccco2)C1. The zero-order valence-electron chi connectivity index (χ0n) is 10.8. The molecule has 2 fully saturated rings. The van der Waals surface area contributed by atoms with E-state index in [1.165, 1.54) is 0 Å². The zero-order valence-corrected chi connectivity index (χ0v) is 10.8. The standard InChI is InChI=1S/C14H19NO4/c16-11-4-1-3-10(11)14(17)15-6-8-19-13(9-15)12-5-2-7-18-12/h2,5,7,10-11,13,16H,1,3-4,6,8-9H2. The number of aliphatic hydroxyl groups is 1. The topological polar surface area (TPSA) is 62.9 Å². The van der Waals surface area contributed by atoms with Crippen LogP contribution in [-0.2, 0) is 9.53 Å². The number of carbonyl (C=O) groups excluding carboxylic acids is 1. The van der Waals surface area contributed by atoms with Gasteiger partial charge in [0.1, 0.15) is 11.9 Å². The summed E-state index contributed by atoms with van der Waals surface area (Å²) in [4.78, 5) is 14.2. The third-order valence-corrected chi connectivity index (χ3v) is 4.04. The van der Waals surface area contributed by atoms with Gasteiger partial charge in [-0.1, -0.05) is 0 Å². The molecule has 3 rings (SSSR count). The summed E-state index contributed by atoms with van der Waals surface area (Å²) < 4.78 is 11.0. The lowest BCUT2D eigenvalue weighted by molar-refractivity contribution is -0.146. The summed E-state index contributed by atoms with van der Waals surface area (Å²) >= 11 is 0. The second-order valence-corrected chi connectivity index (χ2v) is 5.26. The lowest BCUT2D eigenvalue weighted by Gasteiger charge is -2.34. The summed E-state index contributed by atoms with van der Waals surface area (Å²) in [5.74, 6) is 0.588. The highest BCUT2D eigenvalue weighted by molar-refractivity contribution is 5.79. The highest BCUT2D eigenvalue weighted by Gasteiger charge is 2.36. The molecule has 3 atom stereocenters. The van der Waals surface area contributed by atoms with E-state index in [4.69, 9.17) is 9.15 Å². The van der Waals surface area contributed by atoms with Crippen LogP contribution in [0.1, 0.15) is 31.1 Å². The van der Waals surface area contributed by atoms with Crippen molar-refractivity contribution in [2.75, 3.05) is 19.7 Å². The average molecular weight is 265 g/mol. The van der Waals surface area contributed by atoms with Gasteiger partial charge in [-0.05, 0) is 31.4 Å². The van der Waals surface area contributed by atoms with Gasteiger partial charge in [-0.3, -0.25) is 4.79 Å². The van der Waals surface area contributed by atoms with E-state index in [0.717, 1.165) is 25.0 Å². The Bertz CT molecular complexity index is 431. The molecule has 1 aliphatic carbocycles. The van der Waals surface area contributed by atoms with E-state index >= 15 is 0 Å². The van der Waals surface area contributed by atoms with Gasteiger partial charge < -0.3 is 19.2 Å². The Morgan fingerprint density at radius 2 is 2.32 bits per heavy atom. The summed E-state index contributed by atoms with van der Waals surface area (Å²) in [6.07, 6.45) is 3.41. The number of ether oxygens (including phenoxy) is 1. The van der Waals surface area contributed by atoms with Gasteiger partial charge in [0, 0.05) is 6.54 Å². The normalized spacial score (nSPS) is 31.6. The third-order valence-electron chi connectivity index (χ3n) is 4.04. The minimum absolute atomic E-state index is 0.0601. The van der Waals surface area contributed by atoms with Gasteiger partial charge in [-0.15, -0.1) is 0 Å². The molecule has 1 aromatic rings. The van der Waals surface area contributed by atoms with Crippen molar-refractivity contribution in [2.24, 2.45) is 5.92 Å². The van der Waals surface area contributed by atoms with E-state index in [1.807, 2.05) is 12.1 Å². The molecule has 1 saturated carbocycles. The van der Waals surface area contributed by atoms with Gasteiger partial charge >= 0.3 is 0 Å².